The predicted octanol–water partition coefficient (Wildman–Crippen LogP) is 4.25. The van der Waals surface area contributed by atoms with Crippen LogP contribution in [0.2, 0.25) is 5.02 Å². The van der Waals surface area contributed by atoms with E-state index < -0.39 is 0 Å². The van der Waals surface area contributed by atoms with Crippen molar-refractivity contribution in [1.82, 2.24) is 9.88 Å². The molecule has 2 saturated heterocycles. The smallest absolute Gasteiger partial charge is 0.239 e. The summed E-state index contributed by atoms with van der Waals surface area (Å²) in [5.41, 5.74) is 7.23. The summed E-state index contributed by atoms with van der Waals surface area (Å²) in [6.45, 7) is 2.96. The lowest BCUT2D eigenvalue weighted by Gasteiger charge is -2.35. The third-order valence-electron chi connectivity index (χ3n) is 5.58. The molecule has 0 aliphatic carbocycles. The molecule has 1 unspecified atom stereocenters. The number of likely N-dealkylation sites (tertiary alicyclic amines) is 1. The van der Waals surface area contributed by atoms with E-state index in [9.17, 15) is 4.79 Å². The Bertz CT molecular complexity index is 790. The maximum absolute atomic E-state index is 12.8. The summed E-state index contributed by atoms with van der Waals surface area (Å²) in [4.78, 5) is 19.5. The minimum atomic E-state index is -0.389. The minimum Gasteiger partial charge on any atom is -0.381 e. The van der Waals surface area contributed by atoms with Gasteiger partial charge in [-0.15, -0.1) is 36.2 Å². The number of hydrogen-bond donors (Lipinski definition) is 1. The Morgan fingerprint density at radius 2 is 1.89 bits per heavy atom. The van der Waals surface area contributed by atoms with E-state index in [1.165, 1.54) is 4.70 Å². The summed E-state index contributed by atoms with van der Waals surface area (Å²) in [5.74, 6) is 0.768. The Balaban J connectivity index is 0.00000140. The van der Waals surface area contributed by atoms with E-state index in [0.717, 1.165) is 67.5 Å². The minimum absolute atomic E-state index is 0. The largest absolute Gasteiger partial charge is 0.381 e. The van der Waals surface area contributed by atoms with E-state index in [1.54, 1.807) is 11.3 Å². The van der Waals surface area contributed by atoms with Crippen LogP contribution >= 0.6 is 47.8 Å². The molecule has 3 heterocycles. The maximum atomic E-state index is 12.8. The SMILES string of the molecule is Cl.Cl.NC(C(=O)N1CCC(c2nc3cc(Cl)ccc3s2)CC1)C1CCOCC1. The fraction of sp³-hybridized carbons (Fsp3) is 0.579. The zero-order chi connectivity index (χ0) is 18.1. The number of nitrogens with two attached hydrogens (primary N) is 1. The molecule has 2 aliphatic rings. The summed E-state index contributed by atoms with van der Waals surface area (Å²) in [6, 6.07) is 5.47. The van der Waals surface area contributed by atoms with Gasteiger partial charge >= 0.3 is 0 Å². The van der Waals surface area contributed by atoms with Crippen molar-refractivity contribution in [3.8, 4) is 0 Å². The van der Waals surface area contributed by atoms with Gasteiger partial charge in [-0.05, 0) is 49.8 Å². The first-order valence-electron chi connectivity index (χ1n) is 9.30. The molecule has 2 aromatic rings. The molecule has 156 valence electrons. The number of benzene rings is 1. The average Bonchev–Trinajstić information content (AvgIpc) is 3.11. The Morgan fingerprint density at radius 1 is 1.21 bits per heavy atom. The van der Waals surface area contributed by atoms with Gasteiger partial charge in [0.2, 0.25) is 5.91 Å². The summed E-state index contributed by atoms with van der Waals surface area (Å²) >= 11 is 7.80. The molecule has 1 amide bonds. The summed E-state index contributed by atoms with van der Waals surface area (Å²) in [5, 5.41) is 1.87. The molecule has 4 rings (SSSR count). The second-order valence-electron chi connectivity index (χ2n) is 7.24. The molecule has 0 saturated carbocycles. The van der Waals surface area contributed by atoms with Crippen molar-refractivity contribution in [2.45, 2.75) is 37.6 Å². The van der Waals surface area contributed by atoms with Crippen molar-refractivity contribution in [3.63, 3.8) is 0 Å². The predicted molar refractivity (Wildman–Crippen MR) is 119 cm³/mol. The number of carbonyl (C=O) groups excluding carboxylic acids is 1. The quantitative estimate of drug-likeness (QED) is 0.734. The molecule has 0 spiro atoms. The molecule has 1 aromatic carbocycles. The molecule has 2 aliphatic heterocycles. The van der Waals surface area contributed by atoms with Gasteiger partial charge in [-0.3, -0.25) is 4.79 Å². The molecule has 28 heavy (non-hydrogen) atoms. The van der Waals surface area contributed by atoms with Gasteiger partial charge in [0.1, 0.15) is 0 Å². The number of rotatable bonds is 3. The molecule has 2 N–H and O–H groups in total. The van der Waals surface area contributed by atoms with Crippen LogP contribution in [-0.4, -0.2) is 48.1 Å². The number of fused-ring (bicyclic) bond motifs is 1. The molecular weight excluding hydrogens is 441 g/mol. The fourth-order valence-electron chi connectivity index (χ4n) is 3.93. The topological polar surface area (TPSA) is 68.5 Å². The highest BCUT2D eigenvalue weighted by Gasteiger charge is 2.32. The van der Waals surface area contributed by atoms with Crippen LogP contribution in [0.25, 0.3) is 10.2 Å². The lowest BCUT2D eigenvalue weighted by atomic mass is 9.90. The molecule has 0 bridgehead atoms. The first kappa shape index (κ1) is 23.6. The van der Waals surface area contributed by atoms with Gasteiger partial charge in [-0.1, -0.05) is 11.6 Å². The standard InChI is InChI=1S/C19H24ClN3O2S.2ClH/c20-14-1-2-16-15(11-14)22-18(26-16)13-3-7-23(8-4-13)19(24)17(21)12-5-9-25-10-6-12;;/h1-2,11-13,17H,3-10,21H2;2*1H. The Labute approximate surface area is 186 Å². The maximum Gasteiger partial charge on any atom is 0.239 e. The molecule has 5 nitrogen and oxygen atoms in total. The zero-order valence-corrected chi connectivity index (χ0v) is 18.7. The van der Waals surface area contributed by atoms with E-state index in [4.69, 9.17) is 27.1 Å². The number of aromatic nitrogens is 1. The van der Waals surface area contributed by atoms with Crippen molar-refractivity contribution in [2.24, 2.45) is 11.7 Å². The van der Waals surface area contributed by atoms with Crippen molar-refractivity contribution in [1.29, 1.82) is 0 Å². The summed E-state index contributed by atoms with van der Waals surface area (Å²) in [7, 11) is 0. The van der Waals surface area contributed by atoms with Crippen LogP contribution in [0.15, 0.2) is 18.2 Å². The van der Waals surface area contributed by atoms with Crippen LogP contribution in [-0.2, 0) is 9.53 Å². The van der Waals surface area contributed by atoms with Crippen LogP contribution in [0.1, 0.15) is 36.6 Å². The van der Waals surface area contributed by atoms with Gasteiger partial charge in [0.25, 0.3) is 0 Å². The number of nitrogens with zero attached hydrogens (tertiary/aromatic N) is 2. The summed E-state index contributed by atoms with van der Waals surface area (Å²) < 4.78 is 6.55. The highest BCUT2D eigenvalue weighted by Crippen LogP contribution is 2.35. The van der Waals surface area contributed by atoms with Crippen molar-refractivity contribution in [3.05, 3.63) is 28.2 Å². The Hall–Kier alpha value is -0.630. The number of piperidine rings is 1. The molecule has 9 heteroatoms. The van der Waals surface area contributed by atoms with Crippen LogP contribution < -0.4 is 5.73 Å². The molecular formula is C19H26Cl3N3O2S. The van der Waals surface area contributed by atoms with Gasteiger partial charge in [0.05, 0.1) is 21.3 Å². The molecule has 2 fully saturated rings. The molecule has 0 radical (unpaired) electrons. The molecule has 1 aromatic heterocycles. The first-order valence-corrected chi connectivity index (χ1v) is 10.5. The highest BCUT2D eigenvalue weighted by molar-refractivity contribution is 7.18. The van der Waals surface area contributed by atoms with Crippen molar-refractivity contribution < 1.29 is 9.53 Å². The van der Waals surface area contributed by atoms with E-state index in [0.29, 0.717) is 5.92 Å². The number of ether oxygens (including phenoxy) is 1. The van der Waals surface area contributed by atoms with E-state index >= 15 is 0 Å². The van der Waals surface area contributed by atoms with Gasteiger partial charge < -0.3 is 15.4 Å². The third-order valence-corrected chi connectivity index (χ3v) is 7.01. The average molecular weight is 467 g/mol. The Morgan fingerprint density at radius 3 is 2.57 bits per heavy atom. The van der Waals surface area contributed by atoms with Crippen LogP contribution in [0.5, 0.6) is 0 Å². The number of halogens is 3. The third kappa shape index (κ3) is 5.10. The van der Waals surface area contributed by atoms with Gasteiger partial charge in [0, 0.05) is 37.2 Å². The van der Waals surface area contributed by atoms with Gasteiger partial charge in [-0.2, -0.15) is 0 Å². The lowest BCUT2D eigenvalue weighted by Crippen LogP contribution is -2.51. The van der Waals surface area contributed by atoms with E-state index in [2.05, 4.69) is 0 Å². The zero-order valence-electron chi connectivity index (χ0n) is 15.5. The van der Waals surface area contributed by atoms with E-state index in [1.807, 2.05) is 23.1 Å². The number of amides is 1. The number of hydrogen-bond acceptors (Lipinski definition) is 5. The van der Waals surface area contributed by atoms with Crippen molar-refractivity contribution in [2.75, 3.05) is 26.3 Å². The monoisotopic (exact) mass is 465 g/mol. The lowest BCUT2D eigenvalue weighted by molar-refractivity contribution is -0.135. The highest BCUT2D eigenvalue weighted by atomic mass is 35.5. The number of thiazole rings is 1. The van der Waals surface area contributed by atoms with Crippen molar-refractivity contribution >= 4 is 63.9 Å². The number of carbonyl (C=O) groups is 1. The summed E-state index contributed by atoms with van der Waals surface area (Å²) in [6.07, 6.45) is 3.66. The van der Waals surface area contributed by atoms with Crippen LogP contribution in [0, 0.1) is 5.92 Å². The van der Waals surface area contributed by atoms with E-state index in [-0.39, 0.29) is 42.7 Å². The van der Waals surface area contributed by atoms with Gasteiger partial charge in [-0.25, -0.2) is 4.98 Å². The van der Waals surface area contributed by atoms with Crippen LogP contribution in [0.3, 0.4) is 0 Å². The Kier molecular flexibility index (Phi) is 8.80. The normalized spacial score (nSPS) is 19.7. The molecule has 1 atom stereocenters. The first-order chi connectivity index (χ1) is 12.6. The fourth-order valence-corrected chi connectivity index (χ4v) is 5.21. The van der Waals surface area contributed by atoms with Crippen LogP contribution in [0.4, 0.5) is 0 Å². The van der Waals surface area contributed by atoms with Gasteiger partial charge in [0.15, 0.2) is 0 Å². The second-order valence-corrected chi connectivity index (χ2v) is 8.74. The second kappa shape index (κ2) is 10.4.